The normalized spacial score (nSPS) is 15.3. The first-order valence-corrected chi connectivity index (χ1v) is 10.9. The molecule has 1 aromatic heterocycles. The molecule has 8 nitrogen and oxygen atoms in total. The summed E-state index contributed by atoms with van der Waals surface area (Å²) in [5.41, 5.74) is 3.18. The van der Waals surface area contributed by atoms with Crippen LogP contribution in [0.4, 0.5) is 5.69 Å². The molecule has 33 heavy (non-hydrogen) atoms. The topological polar surface area (TPSA) is 96.7 Å². The van der Waals surface area contributed by atoms with E-state index in [4.69, 9.17) is 14.2 Å². The third-order valence-electron chi connectivity index (χ3n) is 6.25. The van der Waals surface area contributed by atoms with Crippen LogP contribution in [0.1, 0.15) is 24.0 Å². The van der Waals surface area contributed by atoms with Gasteiger partial charge in [-0.2, -0.15) is 5.26 Å². The minimum absolute atomic E-state index is 0.0529. The van der Waals surface area contributed by atoms with Gasteiger partial charge in [-0.25, -0.2) is 0 Å². The third-order valence-corrected chi connectivity index (χ3v) is 6.25. The molecular formula is C25H24N4O4. The fraction of sp³-hybridized carbons (Fsp3) is 0.320. The number of ether oxygens (including phenoxy) is 3. The first-order valence-electron chi connectivity index (χ1n) is 10.9. The Morgan fingerprint density at radius 1 is 1.21 bits per heavy atom. The van der Waals surface area contributed by atoms with Crippen LogP contribution >= 0.6 is 0 Å². The molecule has 168 valence electrons. The van der Waals surface area contributed by atoms with Crippen molar-refractivity contribution in [2.24, 2.45) is 5.92 Å². The summed E-state index contributed by atoms with van der Waals surface area (Å²) in [7, 11) is 1.62. The Balaban J connectivity index is 1.25. The molecule has 5 rings (SSSR count). The molecule has 8 heteroatoms. The highest BCUT2D eigenvalue weighted by atomic mass is 16.7. The number of pyridine rings is 1. The first kappa shape index (κ1) is 20.9. The summed E-state index contributed by atoms with van der Waals surface area (Å²) in [6, 6.07) is 13.7. The Morgan fingerprint density at radius 2 is 2.03 bits per heavy atom. The predicted octanol–water partition coefficient (Wildman–Crippen LogP) is 3.38. The maximum absolute atomic E-state index is 12.8. The van der Waals surface area contributed by atoms with Gasteiger partial charge in [0.1, 0.15) is 11.8 Å². The van der Waals surface area contributed by atoms with Crippen LogP contribution in [0.15, 0.2) is 42.6 Å². The molecule has 2 aromatic carbocycles. The zero-order chi connectivity index (χ0) is 22.8. The Hall–Kier alpha value is -3.99. The van der Waals surface area contributed by atoms with Gasteiger partial charge < -0.3 is 24.4 Å². The van der Waals surface area contributed by atoms with Crippen LogP contribution in [0, 0.1) is 17.2 Å². The van der Waals surface area contributed by atoms with E-state index < -0.39 is 0 Å². The predicted molar refractivity (Wildman–Crippen MR) is 122 cm³/mol. The number of carbonyl (C=O) groups excluding carboxylic acids is 1. The van der Waals surface area contributed by atoms with Gasteiger partial charge in [-0.05, 0) is 42.7 Å². The molecule has 2 aliphatic heterocycles. The lowest BCUT2D eigenvalue weighted by atomic mass is 9.94. The number of piperidine rings is 1. The Bertz CT molecular complexity index is 1250. The fourth-order valence-corrected chi connectivity index (χ4v) is 4.46. The molecule has 3 heterocycles. The van der Waals surface area contributed by atoms with Crippen molar-refractivity contribution in [2.45, 2.75) is 19.4 Å². The van der Waals surface area contributed by atoms with Gasteiger partial charge in [0.05, 0.1) is 23.9 Å². The molecule has 3 aromatic rings. The molecule has 2 aliphatic rings. The van der Waals surface area contributed by atoms with Crippen LogP contribution in [-0.2, 0) is 11.3 Å². The van der Waals surface area contributed by atoms with Gasteiger partial charge in [0, 0.05) is 43.2 Å². The standard InChI is InChI=1S/C25H24N4O4/c1-31-19-3-4-20-21(11-19)27-14-18(12-26)24(20)29-8-6-17(7-9-29)25(30)28-13-16-2-5-22-23(10-16)33-15-32-22/h2-5,10-11,14,17H,6-9,13,15H2,1H3,(H,28,30). The molecule has 0 saturated carbocycles. The summed E-state index contributed by atoms with van der Waals surface area (Å²) in [6.45, 7) is 2.08. The Kier molecular flexibility index (Phi) is 5.61. The van der Waals surface area contributed by atoms with Gasteiger partial charge in [0.15, 0.2) is 11.5 Å². The van der Waals surface area contributed by atoms with E-state index in [-0.39, 0.29) is 18.6 Å². The summed E-state index contributed by atoms with van der Waals surface area (Å²) in [5.74, 6) is 2.16. The number of amides is 1. The van der Waals surface area contributed by atoms with Gasteiger partial charge in [0.2, 0.25) is 12.7 Å². The quantitative estimate of drug-likeness (QED) is 0.644. The molecule has 1 saturated heterocycles. The van der Waals surface area contributed by atoms with Crippen molar-refractivity contribution in [3.63, 3.8) is 0 Å². The van der Waals surface area contributed by atoms with Crippen molar-refractivity contribution in [2.75, 3.05) is 31.9 Å². The minimum atomic E-state index is -0.0611. The monoisotopic (exact) mass is 444 g/mol. The molecule has 0 bridgehead atoms. The van der Waals surface area contributed by atoms with E-state index in [1.54, 1.807) is 13.3 Å². The van der Waals surface area contributed by atoms with Crippen molar-refractivity contribution in [1.29, 1.82) is 5.26 Å². The van der Waals surface area contributed by atoms with Crippen LogP contribution in [0.5, 0.6) is 17.2 Å². The van der Waals surface area contributed by atoms with E-state index >= 15 is 0 Å². The Labute approximate surface area is 191 Å². The number of anilines is 1. The number of nitrogens with zero attached hydrogens (tertiary/aromatic N) is 3. The molecule has 0 spiro atoms. The van der Waals surface area contributed by atoms with Crippen molar-refractivity contribution >= 4 is 22.5 Å². The van der Waals surface area contributed by atoms with Crippen LogP contribution in [-0.4, -0.2) is 37.9 Å². The summed E-state index contributed by atoms with van der Waals surface area (Å²) in [4.78, 5) is 19.4. The van der Waals surface area contributed by atoms with Crippen LogP contribution in [0.25, 0.3) is 10.9 Å². The van der Waals surface area contributed by atoms with Crippen LogP contribution in [0.2, 0.25) is 0 Å². The number of benzene rings is 2. The molecular weight excluding hydrogens is 420 g/mol. The number of aromatic nitrogens is 1. The van der Waals surface area contributed by atoms with Gasteiger partial charge in [-0.1, -0.05) is 6.07 Å². The molecule has 1 fully saturated rings. The number of hydrogen-bond acceptors (Lipinski definition) is 7. The number of methoxy groups -OCH3 is 1. The van der Waals surface area contributed by atoms with Gasteiger partial charge in [-0.3, -0.25) is 9.78 Å². The summed E-state index contributed by atoms with van der Waals surface area (Å²) >= 11 is 0. The SMILES string of the molecule is COc1ccc2c(N3CCC(C(=O)NCc4ccc5c(c4)OCO5)CC3)c(C#N)cnc2c1. The summed E-state index contributed by atoms with van der Waals surface area (Å²) < 4.78 is 16.0. The highest BCUT2D eigenvalue weighted by Gasteiger charge is 2.27. The average molecular weight is 444 g/mol. The number of carbonyl (C=O) groups is 1. The zero-order valence-electron chi connectivity index (χ0n) is 18.3. The van der Waals surface area contributed by atoms with Gasteiger partial charge in [-0.15, -0.1) is 0 Å². The molecule has 0 radical (unpaired) electrons. The molecule has 1 N–H and O–H groups in total. The number of nitriles is 1. The van der Waals surface area contributed by atoms with Crippen LogP contribution in [0.3, 0.4) is 0 Å². The maximum Gasteiger partial charge on any atom is 0.231 e. The van der Waals surface area contributed by atoms with E-state index in [1.807, 2.05) is 36.4 Å². The highest BCUT2D eigenvalue weighted by molar-refractivity contribution is 5.95. The second-order valence-electron chi connectivity index (χ2n) is 8.18. The van der Waals surface area contributed by atoms with Crippen molar-refractivity contribution in [1.82, 2.24) is 10.3 Å². The summed E-state index contributed by atoms with van der Waals surface area (Å²) in [6.07, 6.45) is 3.05. The smallest absolute Gasteiger partial charge is 0.231 e. The lowest BCUT2D eigenvalue weighted by molar-refractivity contribution is -0.125. The summed E-state index contributed by atoms with van der Waals surface area (Å²) in [5, 5.41) is 13.6. The lowest BCUT2D eigenvalue weighted by Gasteiger charge is -2.34. The maximum atomic E-state index is 12.8. The van der Waals surface area contributed by atoms with Gasteiger partial charge >= 0.3 is 0 Å². The second-order valence-corrected chi connectivity index (χ2v) is 8.18. The van der Waals surface area contributed by atoms with E-state index in [0.717, 1.165) is 46.5 Å². The lowest BCUT2D eigenvalue weighted by Crippen LogP contribution is -2.40. The zero-order valence-corrected chi connectivity index (χ0v) is 18.3. The third kappa shape index (κ3) is 4.10. The van der Waals surface area contributed by atoms with Crippen molar-refractivity contribution < 1.29 is 19.0 Å². The molecule has 1 amide bonds. The number of rotatable bonds is 5. The van der Waals surface area contributed by atoms with E-state index in [0.29, 0.717) is 30.9 Å². The second kappa shape index (κ2) is 8.87. The van der Waals surface area contributed by atoms with Crippen molar-refractivity contribution in [3.8, 4) is 23.3 Å². The average Bonchev–Trinajstić information content (AvgIpc) is 3.34. The van der Waals surface area contributed by atoms with E-state index in [2.05, 4.69) is 21.3 Å². The first-order chi connectivity index (χ1) is 16.2. The van der Waals surface area contributed by atoms with E-state index in [9.17, 15) is 10.1 Å². The fourth-order valence-electron chi connectivity index (χ4n) is 4.46. The Morgan fingerprint density at radius 3 is 2.82 bits per heavy atom. The van der Waals surface area contributed by atoms with Crippen LogP contribution < -0.4 is 24.4 Å². The molecule has 0 aliphatic carbocycles. The molecule has 0 atom stereocenters. The minimum Gasteiger partial charge on any atom is -0.497 e. The van der Waals surface area contributed by atoms with Gasteiger partial charge in [0.25, 0.3) is 0 Å². The largest absolute Gasteiger partial charge is 0.497 e. The number of fused-ring (bicyclic) bond motifs is 2. The number of nitrogens with one attached hydrogen (secondary N) is 1. The molecule has 0 unspecified atom stereocenters. The number of hydrogen-bond donors (Lipinski definition) is 1. The van der Waals surface area contributed by atoms with Crippen molar-refractivity contribution in [3.05, 3.63) is 53.7 Å². The highest BCUT2D eigenvalue weighted by Crippen LogP contribution is 2.34. The van der Waals surface area contributed by atoms with E-state index in [1.165, 1.54) is 0 Å².